The summed E-state index contributed by atoms with van der Waals surface area (Å²) >= 11 is 0. The summed E-state index contributed by atoms with van der Waals surface area (Å²) in [6, 6.07) is 15.0. The maximum atomic E-state index is 13.4. The molecule has 25 heavy (non-hydrogen) atoms. The van der Waals surface area contributed by atoms with Gasteiger partial charge in [-0.25, -0.2) is 0 Å². The van der Waals surface area contributed by atoms with Crippen LogP contribution >= 0.6 is 7.60 Å². The lowest BCUT2D eigenvalue weighted by molar-refractivity contribution is 0.174. The van der Waals surface area contributed by atoms with Gasteiger partial charge in [0.15, 0.2) is 17.3 Å². The Morgan fingerprint density at radius 1 is 1.04 bits per heavy atom. The van der Waals surface area contributed by atoms with Gasteiger partial charge >= 0.3 is 7.60 Å². The van der Waals surface area contributed by atoms with Crippen molar-refractivity contribution in [2.24, 2.45) is 0 Å². The van der Waals surface area contributed by atoms with Gasteiger partial charge in [0.05, 0.1) is 13.2 Å². The first-order chi connectivity index (χ1) is 12.2. The molecule has 0 saturated carbocycles. The molecule has 0 aliphatic carbocycles. The summed E-state index contributed by atoms with van der Waals surface area (Å²) in [5.41, 5.74) is 1.57. The molecule has 0 unspecified atom stereocenters. The first-order valence-electron chi connectivity index (χ1n) is 8.26. The van der Waals surface area contributed by atoms with Crippen molar-refractivity contribution in [2.45, 2.75) is 19.6 Å². The van der Waals surface area contributed by atoms with E-state index in [9.17, 15) is 4.57 Å². The van der Waals surface area contributed by atoms with Gasteiger partial charge in [-0.05, 0) is 43.7 Å². The highest BCUT2D eigenvalue weighted by molar-refractivity contribution is 7.54. The fourth-order valence-electron chi connectivity index (χ4n) is 2.67. The van der Waals surface area contributed by atoms with Gasteiger partial charge in [-0.1, -0.05) is 24.3 Å². The van der Waals surface area contributed by atoms with E-state index in [-0.39, 0.29) is 20.0 Å². The van der Waals surface area contributed by atoms with Crippen LogP contribution in [0.15, 0.2) is 48.5 Å². The van der Waals surface area contributed by atoms with Crippen LogP contribution in [0.25, 0.3) is 0 Å². The van der Waals surface area contributed by atoms with Crippen molar-refractivity contribution < 1.29 is 23.1 Å². The Balaban J connectivity index is 2.00. The molecule has 0 amide bonds. The van der Waals surface area contributed by atoms with Crippen LogP contribution in [-0.4, -0.2) is 20.0 Å². The van der Waals surface area contributed by atoms with Crippen LogP contribution in [0.2, 0.25) is 0 Å². The Labute approximate surface area is 147 Å². The molecule has 1 heterocycles. The molecule has 134 valence electrons. The minimum Gasteiger partial charge on any atom is -0.454 e. The molecule has 0 saturated heterocycles. The van der Waals surface area contributed by atoms with Gasteiger partial charge in [-0.2, -0.15) is 0 Å². The fraction of sp³-hybridized carbons (Fsp3) is 0.333. The lowest BCUT2D eigenvalue weighted by Gasteiger charge is -2.28. The minimum atomic E-state index is -3.45. The molecule has 1 aliphatic heterocycles. The Morgan fingerprint density at radius 2 is 1.72 bits per heavy atom. The molecular formula is C18H22NO5P. The molecule has 0 radical (unpaired) electrons. The van der Waals surface area contributed by atoms with E-state index in [4.69, 9.17) is 18.5 Å². The third-order valence-corrected chi connectivity index (χ3v) is 6.02. The predicted octanol–water partition coefficient (Wildman–Crippen LogP) is 4.79. The molecule has 0 bridgehead atoms. The average molecular weight is 363 g/mol. The number of ether oxygens (including phenoxy) is 2. The zero-order valence-electron chi connectivity index (χ0n) is 14.3. The Bertz CT molecular complexity index is 742. The number of fused-ring (bicyclic) bond motifs is 1. The van der Waals surface area contributed by atoms with Gasteiger partial charge in [-0.15, -0.1) is 0 Å². The van der Waals surface area contributed by atoms with Crippen molar-refractivity contribution in [1.29, 1.82) is 0 Å². The number of anilines is 1. The van der Waals surface area contributed by atoms with Crippen molar-refractivity contribution in [1.82, 2.24) is 0 Å². The summed E-state index contributed by atoms with van der Waals surface area (Å²) < 4.78 is 35.4. The first kappa shape index (κ1) is 17.8. The molecule has 2 aromatic rings. The highest BCUT2D eigenvalue weighted by Gasteiger charge is 2.37. The summed E-state index contributed by atoms with van der Waals surface area (Å²) in [7, 11) is -3.45. The lowest BCUT2D eigenvalue weighted by atomic mass is 10.2. The summed E-state index contributed by atoms with van der Waals surface area (Å²) in [6.45, 7) is 4.35. The van der Waals surface area contributed by atoms with Crippen molar-refractivity contribution in [3.8, 4) is 11.5 Å². The molecule has 6 nitrogen and oxygen atoms in total. The largest absolute Gasteiger partial charge is 0.454 e. The number of hydrogen-bond donors (Lipinski definition) is 1. The van der Waals surface area contributed by atoms with Crippen LogP contribution < -0.4 is 14.8 Å². The van der Waals surface area contributed by atoms with Crippen molar-refractivity contribution in [3.05, 3.63) is 54.1 Å². The van der Waals surface area contributed by atoms with Crippen LogP contribution in [0.3, 0.4) is 0 Å². The van der Waals surface area contributed by atoms with Gasteiger partial charge in [0.25, 0.3) is 0 Å². The summed E-state index contributed by atoms with van der Waals surface area (Å²) in [5, 5.41) is 3.29. The first-order valence-corrected chi connectivity index (χ1v) is 9.87. The van der Waals surface area contributed by atoms with Crippen LogP contribution in [0, 0.1) is 0 Å². The van der Waals surface area contributed by atoms with E-state index in [2.05, 4.69) is 5.32 Å². The molecule has 0 aromatic heterocycles. The fourth-order valence-corrected chi connectivity index (χ4v) is 4.59. The van der Waals surface area contributed by atoms with E-state index in [1.807, 2.05) is 42.5 Å². The van der Waals surface area contributed by atoms with Gasteiger partial charge < -0.3 is 23.8 Å². The lowest BCUT2D eigenvalue weighted by Crippen LogP contribution is -2.15. The van der Waals surface area contributed by atoms with E-state index < -0.39 is 13.4 Å². The zero-order valence-corrected chi connectivity index (χ0v) is 15.2. The van der Waals surface area contributed by atoms with E-state index in [1.54, 1.807) is 19.9 Å². The quantitative estimate of drug-likeness (QED) is 0.680. The standard InChI is InChI=1S/C18H22NO5P/c1-3-23-25(20,24-4-2)18(19-15-8-6-5-7-9-15)14-10-11-16-17(12-14)22-13-21-16/h5-12,18-19H,3-4,13H2,1-2H3/t18-/m1/s1. The number of hydrogen-bond acceptors (Lipinski definition) is 6. The summed E-state index contributed by atoms with van der Waals surface area (Å²) in [4.78, 5) is 0. The number of benzene rings is 2. The second-order valence-corrected chi connectivity index (χ2v) is 7.51. The molecule has 0 fully saturated rings. The minimum absolute atomic E-state index is 0.185. The van der Waals surface area contributed by atoms with Crippen molar-refractivity contribution >= 4 is 13.3 Å². The van der Waals surface area contributed by atoms with Crippen molar-refractivity contribution in [2.75, 3.05) is 25.3 Å². The molecule has 2 aromatic carbocycles. The van der Waals surface area contributed by atoms with Crippen LogP contribution in [-0.2, 0) is 13.6 Å². The maximum absolute atomic E-state index is 13.4. The van der Waals surface area contributed by atoms with Crippen LogP contribution in [0.1, 0.15) is 25.2 Å². The molecule has 7 heteroatoms. The average Bonchev–Trinajstić information content (AvgIpc) is 3.08. The van der Waals surface area contributed by atoms with E-state index in [0.29, 0.717) is 11.5 Å². The van der Waals surface area contributed by atoms with Crippen molar-refractivity contribution in [3.63, 3.8) is 0 Å². The SMILES string of the molecule is CCOP(=O)(OCC)[C@@H](Nc1ccccc1)c1ccc2c(c1)OCO2. The number of nitrogens with one attached hydrogen (secondary N) is 1. The zero-order chi connectivity index (χ0) is 17.7. The summed E-state index contributed by atoms with van der Waals surface area (Å²) in [6.07, 6.45) is 0. The summed E-state index contributed by atoms with van der Waals surface area (Å²) in [5.74, 6) is 0.631. The van der Waals surface area contributed by atoms with Crippen LogP contribution in [0.5, 0.6) is 11.5 Å². The van der Waals surface area contributed by atoms with E-state index in [1.165, 1.54) is 0 Å². The smallest absolute Gasteiger partial charge is 0.357 e. The monoisotopic (exact) mass is 363 g/mol. The number of rotatable bonds is 8. The molecule has 1 aliphatic rings. The second-order valence-electron chi connectivity index (χ2n) is 5.40. The van der Waals surface area contributed by atoms with E-state index >= 15 is 0 Å². The third-order valence-electron chi connectivity index (χ3n) is 3.72. The Morgan fingerprint density at radius 3 is 2.40 bits per heavy atom. The second kappa shape index (κ2) is 7.91. The highest BCUT2D eigenvalue weighted by Crippen LogP contribution is 2.61. The van der Waals surface area contributed by atoms with Crippen LogP contribution in [0.4, 0.5) is 5.69 Å². The number of para-hydroxylation sites is 1. The maximum Gasteiger partial charge on any atom is 0.357 e. The van der Waals surface area contributed by atoms with Gasteiger partial charge in [0, 0.05) is 5.69 Å². The topological polar surface area (TPSA) is 66.0 Å². The van der Waals surface area contributed by atoms with Gasteiger partial charge in [-0.3, -0.25) is 4.57 Å². The van der Waals surface area contributed by atoms with Gasteiger partial charge in [0.2, 0.25) is 6.79 Å². The normalized spacial score (nSPS) is 14.3. The Kier molecular flexibility index (Phi) is 5.63. The third kappa shape index (κ3) is 3.98. The molecule has 1 N–H and O–H groups in total. The molecular weight excluding hydrogens is 341 g/mol. The Hall–Kier alpha value is -2.01. The predicted molar refractivity (Wildman–Crippen MR) is 96.2 cm³/mol. The molecule has 1 atom stereocenters. The van der Waals surface area contributed by atoms with Gasteiger partial charge in [0.1, 0.15) is 0 Å². The molecule has 0 spiro atoms. The molecule has 3 rings (SSSR count). The highest BCUT2D eigenvalue weighted by atomic mass is 31.2. The van der Waals surface area contributed by atoms with E-state index in [0.717, 1.165) is 11.3 Å².